The van der Waals surface area contributed by atoms with Gasteiger partial charge in [0.2, 0.25) is 0 Å². The summed E-state index contributed by atoms with van der Waals surface area (Å²) in [7, 11) is 1.76. The van der Waals surface area contributed by atoms with Gasteiger partial charge in [-0.2, -0.15) is 0 Å². The van der Waals surface area contributed by atoms with Crippen LogP contribution in [0.4, 0.5) is 8.78 Å². The Bertz CT molecular complexity index is 297. The van der Waals surface area contributed by atoms with Crippen molar-refractivity contribution in [2.24, 2.45) is 0 Å². The summed E-state index contributed by atoms with van der Waals surface area (Å²) in [4.78, 5) is 0. The van der Waals surface area contributed by atoms with Crippen LogP contribution in [-0.2, 0) is 0 Å². The molecule has 5 heteroatoms. The van der Waals surface area contributed by atoms with Crippen molar-refractivity contribution in [1.29, 1.82) is 0 Å². The number of benzene rings is 1. The lowest BCUT2D eigenvalue weighted by atomic mass is 10.3. The molecule has 0 aliphatic heterocycles. The zero-order valence-corrected chi connectivity index (χ0v) is 9.20. The SMILES string of the molecule is CNCCOc1c(F)cc(F)cc1Br. The fourth-order valence-corrected chi connectivity index (χ4v) is 1.44. The standard InChI is InChI=1S/C9H10BrF2NO/c1-13-2-3-14-9-7(10)4-6(11)5-8(9)12/h4-5,13H,2-3H2,1H3. The summed E-state index contributed by atoms with van der Waals surface area (Å²) in [5.41, 5.74) is 0. The smallest absolute Gasteiger partial charge is 0.169 e. The molecule has 0 amide bonds. The van der Waals surface area contributed by atoms with Crippen LogP contribution in [0.15, 0.2) is 16.6 Å². The van der Waals surface area contributed by atoms with Gasteiger partial charge in [-0.1, -0.05) is 0 Å². The van der Waals surface area contributed by atoms with Gasteiger partial charge >= 0.3 is 0 Å². The van der Waals surface area contributed by atoms with E-state index in [2.05, 4.69) is 21.2 Å². The first kappa shape index (κ1) is 11.4. The lowest BCUT2D eigenvalue weighted by Crippen LogP contribution is -2.16. The molecule has 0 aliphatic carbocycles. The molecule has 78 valence electrons. The second kappa shape index (κ2) is 5.26. The van der Waals surface area contributed by atoms with E-state index in [1.807, 2.05) is 0 Å². The number of nitrogens with one attached hydrogen (secondary N) is 1. The number of halogens is 3. The van der Waals surface area contributed by atoms with E-state index in [4.69, 9.17) is 4.74 Å². The van der Waals surface area contributed by atoms with Crippen molar-refractivity contribution in [3.8, 4) is 5.75 Å². The summed E-state index contributed by atoms with van der Waals surface area (Å²) in [6, 6.07) is 1.96. The molecule has 0 bridgehead atoms. The predicted octanol–water partition coefficient (Wildman–Crippen LogP) is 2.33. The Kier molecular flexibility index (Phi) is 4.28. The quantitative estimate of drug-likeness (QED) is 0.844. The molecule has 1 aromatic rings. The lowest BCUT2D eigenvalue weighted by molar-refractivity contribution is 0.299. The molecule has 0 atom stereocenters. The molecule has 0 saturated carbocycles. The zero-order valence-electron chi connectivity index (χ0n) is 7.61. The Morgan fingerprint density at radius 1 is 1.43 bits per heavy atom. The van der Waals surface area contributed by atoms with Crippen molar-refractivity contribution in [2.45, 2.75) is 0 Å². The van der Waals surface area contributed by atoms with Crippen LogP contribution in [0.25, 0.3) is 0 Å². The van der Waals surface area contributed by atoms with E-state index in [9.17, 15) is 8.78 Å². The predicted molar refractivity (Wildman–Crippen MR) is 53.5 cm³/mol. The third-order valence-electron chi connectivity index (χ3n) is 1.56. The van der Waals surface area contributed by atoms with Crippen LogP contribution >= 0.6 is 15.9 Å². The number of hydrogen-bond donors (Lipinski definition) is 1. The van der Waals surface area contributed by atoms with Gasteiger partial charge in [-0.25, -0.2) is 8.78 Å². The van der Waals surface area contributed by atoms with Crippen LogP contribution < -0.4 is 10.1 Å². The minimum absolute atomic E-state index is 0.0432. The monoisotopic (exact) mass is 265 g/mol. The number of hydrogen-bond acceptors (Lipinski definition) is 2. The van der Waals surface area contributed by atoms with Gasteiger partial charge in [-0.3, -0.25) is 0 Å². The van der Waals surface area contributed by atoms with E-state index in [-0.39, 0.29) is 10.2 Å². The summed E-state index contributed by atoms with van der Waals surface area (Å²) >= 11 is 3.02. The molecule has 0 aromatic heterocycles. The maximum Gasteiger partial charge on any atom is 0.169 e. The molecule has 1 aromatic carbocycles. The minimum atomic E-state index is -0.701. The largest absolute Gasteiger partial charge is 0.488 e. The summed E-state index contributed by atoms with van der Waals surface area (Å²) in [6.45, 7) is 0.931. The lowest BCUT2D eigenvalue weighted by Gasteiger charge is -2.08. The first-order valence-electron chi connectivity index (χ1n) is 4.07. The summed E-state index contributed by atoms with van der Waals surface area (Å²) in [5, 5.41) is 2.85. The molecule has 1 N–H and O–H groups in total. The molecule has 0 unspecified atom stereocenters. The van der Waals surface area contributed by atoms with E-state index in [1.165, 1.54) is 0 Å². The van der Waals surface area contributed by atoms with Gasteiger partial charge in [-0.15, -0.1) is 0 Å². The first-order chi connectivity index (χ1) is 6.65. The van der Waals surface area contributed by atoms with Crippen molar-refractivity contribution in [2.75, 3.05) is 20.2 Å². The number of ether oxygens (including phenoxy) is 1. The van der Waals surface area contributed by atoms with E-state index in [0.29, 0.717) is 13.2 Å². The number of likely N-dealkylation sites (N-methyl/N-ethyl adjacent to an activating group) is 1. The van der Waals surface area contributed by atoms with Gasteiger partial charge in [0.05, 0.1) is 4.47 Å². The van der Waals surface area contributed by atoms with Crippen LogP contribution in [-0.4, -0.2) is 20.2 Å². The van der Waals surface area contributed by atoms with Crippen molar-refractivity contribution in [3.05, 3.63) is 28.2 Å². The molecular weight excluding hydrogens is 256 g/mol. The fourth-order valence-electron chi connectivity index (χ4n) is 0.922. The third kappa shape index (κ3) is 2.92. The molecule has 0 heterocycles. The molecule has 14 heavy (non-hydrogen) atoms. The highest BCUT2D eigenvalue weighted by Gasteiger charge is 2.10. The molecule has 0 fully saturated rings. The zero-order chi connectivity index (χ0) is 10.6. The van der Waals surface area contributed by atoms with Crippen molar-refractivity contribution in [1.82, 2.24) is 5.32 Å². The fraction of sp³-hybridized carbons (Fsp3) is 0.333. The van der Waals surface area contributed by atoms with Gasteiger partial charge in [0.15, 0.2) is 11.6 Å². The first-order valence-corrected chi connectivity index (χ1v) is 4.86. The molecule has 0 spiro atoms. The van der Waals surface area contributed by atoms with Crippen LogP contribution in [0.1, 0.15) is 0 Å². The maximum atomic E-state index is 13.1. The molecule has 0 radical (unpaired) electrons. The summed E-state index contributed by atoms with van der Waals surface area (Å²) < 4.78 is 31.2. The Hall–Kier alpha value is -0.680. The Labute approximate surface area is 89.4 Å². The van der Waals surface area contributed by atoms with Crippen molar-refractivity contribution < 1.29 is 13.5 Å². The van der Waals surface area contributed by atoms with Gasteiger partial charge in [-0.05, 0) is 29.0 Å². The average molecular weight is 266 g/mol. The highest BCUT2D eigenvalue weighted by molar-refractivity contribution is 9.10. The van der Waals surface area contributed by atoms with Gasteiger partial charge < -0.3 is 10.1 Å². The second-order valence-corrected chi connectivity index (χ2v) is 3.50. The average Bonchev–Trinajstić information content (AvgIpc) is 2.09. The molecular formula is C9H10BrF2NO. The van der Waals surface area contributed by atoms with E-state index < -0.39 is 11.6 Å². The molecule has 2 nitrogen and oxygen atoms in total. The summed E-state index contributed by atoms with van der Waals surface area (Å²) in [6.07, 6.45) is 0. The molecule has 1 rings (SSSR count). The van der Waals surface area contributed by atoms with Crippen LogP contribution in [0, 0.1) is 11.6 Å². The normalized spacial score (nSPS) is 10.3. The second-order valence-electron chi connectivity index (χ2n) is 2.65. The highest BCUT2D eigenvalue weighted by atomic mass is 79.9. The molecule has 0 aliphatic rings. The number of rotatable bonds is 4. The molecule has 0 saturated heterocycles. The topological polar surface area (TPSA) is 21.3 Å². The van der Waals surface area contributed by atoms with Gasteiger partial charge in [0.25, 0.3) is 0 Å². The van der Waals surface area contributed by atoms with Crippen LogP contribution in [0.2, 0.25) is 0 Å². The summed E-state index contributed by atoms with van der Waals surface area (Å²) in [5.74, 6) is -1.29. The Balaban J connectivity index is 2.75. The van der Waals surface area contributed by atoms with E-state index >= 15 is 0 Å². The third-order valence-corrected chi connectivity index (χ3v) is 2.15. The maximum absolute atomic E-state index is 13.1. The Morgan fingerprint density at radius 2 is 2.14 bits per heavy atom. The van der Waals surface area contributed by atoms with E-state index in [0.717, 1.165) is 12.1 Å². The van der Waals surface area contributed by atoms with Crippen LogP contribution in [0.5, 0.6) is 5.75 Å². The van der Waals surface area contributed by atoms with Crippen molar-refractivity contribution in [3.63, 3.8) is 0 Å². The Morgan fingerprint density at radius 3 is 2.71 bits per heavy atom. The van der Waals surface area contributed by atoms with Gasteiger partial charge in [0, 0.05) is 12.6 Å². The van der Waals surface area contributed by atoms with E-state index in [1.54, 1.807) is 7.05 Å². The van der Waals surface area contributed by atoms with Gasteiger partial charge in [0.1, 0.15) is 12.4 Å². The highest BCUT2D eigenvalue weighted by Crippen LogP contribution is 2.28. The van der Waals surface area contributed by atoms with Crippen LogP contribution in [0.3, 0.4) is 0 Å². The van der Waals surface area contributed by atoms with Crippen molar-refractivity contribution >= 4 is 15.9 Å². The minimum Gasteiger partial charge on any atom is -0.488 e.